The van der Waals surface area contributed by atoms with Crippen LogP contribution in [0.15, 0.2) is 22.8 Å². The Morgan fingerprint density at radius 2 is 1.67 bits per heavy atom. The van der Waals surface area contributed by atoms with E-state index in [0.29, 0.717) is 75.3 Å². The number of carbonyl (C=O) groups excluding carboxylic acids is 1. The van der Waals surface area contributed by atoms with E-state index in [-0.39, 0.29) is 5.60 Å². The highest BCUT2D eigenvalue weighted by Gasteiger charge is 2.58. The predicted molar refractivity (Wildman–Crippen MR) is 167 cm³/mol. The van der Waals surface area contributed by atoms with Crippen LogP contribution in [0.2, 0.25) is 0 Å². The first-order valence-corrected chi connectivity index (χ1v) is 17.5. The summed E-state index contributed by atoms with van der Waals surface area (Å²) in [7, 11) is 1.68. The van der Waals surface area contributed by atoms with Gasteiger partial charge in [-0.3, -0.25) is 9.69 Å². The largest absolute Gasteiger partial charge is 0.382 e. The number of rotatable bonds is 12. The summed E-state index contributed by atoms with van der Waals surface area (Å²) in [5, 5.41) is 0. The van der Waals surface area contributed by atoms with Gasteiger partial charge in [0.05, 0.1) is 58.0 Å². The van der Waals surface area contributed by atoms with Crippen LogP contribution in [0.1, 0.15) is 78.6 Å². The molecule has 4 fully saturated rings. The third kappa shape index (κ3) is 6.73. The van der Waals surface area contributed by atoms with Gasteiger partial charge < -0.3 is 23.7 Å². The number of carbonyl (C=O) groups is 1. The van der Waals surface area contributed by atoms with Crippen LogP contribution in [0, 0.1) is 35.5 Å². The number of piperidine rings is 1. The van der Waals surface area contributed by atoms with E-state index in [1.54, 1.807) is 18.3 Å². The lowest BCUT2D eigenvalue weighted by Crippen LogP contribution is -2.52. The molecule has 242 valence electrons. The SMILES string of the molecule is COCCOCCOCCOCCN1C[C@@H](C)C[C@H]2O[C@]3(CC[C@@H]4C(=C(C)C3)C[C@H]3[C@H]4CCC4=CC(=O)CC[C@@H]43)[C@H](C)[C@@H]21. The maximum absolute atomic E-state index is 12.1. The maximum Gasteiger partial charge on any atom is 0.155 e. The second kappa shape index (κ2) is 14.1. The summed E-state index contributed by atoms with van der Waals surface area (Å²) >= 11 is 0. The Balaban J connectivity index is 1.04. The predicted octanol–water partition coefficient (Wildman–Crippen LogP) is 5.62. The number of hydrogen-bond acceptors (Lipinski definition) is 7. The van der Waals surface area contributed by atoms with Crippen molar-refractivity contribution in [2.75, 3.05) is 66.4 Å². The molecule has 2 saturated carbocycles. The number of nitrogens with zero attached hydrogens (tertiary/aromatic N) is 1. The van der Waals surface area contributed by atoms with Gasteiger partial charge in [-0.1, -0.05) is 30.6 Å². The molecule has 7 heteroatoms. The van der Waals surface area contributed by atoms with E-state index in [4.69, 9.17) is 23.7 Å². The lowest BCUT2D eigenvalue weighted by molar-refractivity contribution is -0.115. The fraction of sp³-hybridized carbons (Fsp3) is 0.861. The number of ether oxygens (including phenoxy) is 5. The molecular formula is C36H57NO6. The van der Waals surface area contributed by atoms with E-state index in [1.165, 1.54) is 37.7 Å². The van der Waals surface area contributed by atoms with Crippen LogP contribution >= 0.6 is 0 Å². The number of fused-ring (bicyclic) bond motifs is 6. The van der Waals surface area contributed by atoms with E-state index in [1.807, 2.05) is 6.08 Å². The highest BCUT2D eigenvalue weighted by molar-refractivity contribution is 5.91. The van der Waals surface area contributed by atoms with Crippen molar-refractivity contribution in [1.29, 1.82) is 0 Å². The van der Waals surface area contributed by atoms with Gasteiger partial charge in [-0.25, -0.2) is 0 Å². The first-order valence-electron chi connectivity index (χ1n) is 17.5. The molecule has 0 radical (unpaired) electrons. The topological polar surface area (TPSA) is 66.5 Å². The minimum atomic E-state index is -0.0361. The van der Waals surface area contributed by atoms with Crippen molar-refractivity contribution in [2.45, 2.75) is 96.3 Å². The van der Waals surface area contributed by atoms with Crippen LogP contribution in [0.3, 0.4) is 0 Å². The molecule has 9 atom stereocenters. The van der Waals surface area contributed by atoms with Crippen molar-refractivity contribution in [3.8, 4) is 0 Å². The molecule has 0 amide bonds. The second-order valence-corrected chi connectivity index (χ2v) is 14.7. The van der Waals surface area contributed by atoms with Crippen molar-refractivity contribution in [3.05, 3.63) is 22.8 Å². The fourth-order valence-electron chi connectivity index (χ4n) is 10.3. The lowest BCUT2D eigenvalue weighted by Gasteiger charge is -2.42. The van der Waals surface area contributed by atoms with Crippen LogP contribution in [0.5, 0.6) is 0 Å². The van der Waals surface area contributed by atoms with Crippen molar-refractivity contribution in [3.63, 3.8) is 0 Å². The Morgan fingerprint density at radius 3 is 2.44 bits per heavy atom. The number of allylic oxidation sites excluding steroid dienone is 3. The number of methoxy groups -OCH3 is 1. The summed E-state index contributed by atoms with van der Waals surface area (Å²) in [5.41, 5.74) is 4.85. The van der Waals surface area contributed by atoms with Gasteiger partial charge >= 0.3 is 0 Å². The van der Waals surface area contributed by atoms with E-state index in [2.05, 4.69) is 25.7 Å². The Kier molecular flexibility index (Phi) is 10.5. The third-order valence-electron chi connectivity index (χ3n) is 12.2. The number of hydrogen-bond donors (Lipinski definition) is 0. The van der Waals surface area contributed by atoms with Gasteiger partial charge in [0.1, 0.15) is 0 Å². The average molecular weight is 600 g/mol. The summed E-state index contributed by atoms with van der Waals surface area (Å²) in [6.45, 7) is 13.8. The lowest BCUT2D eigenvalue weighted by atomic mass is 9.65. The van der Waals surface area contributed by atoms with E-state index in [0.717, 1.165) is 63.1 Å². The standard InChI is InChI=1S/C36H57NO6/c1-24-19-34-35(37(23-24)11-12-40-15-16-42-18-17-41-14-13-39-4)26(3)36(43-34)10-9-31-30-7-5-27-20-28(38)6-8-29(27)33(30)21-32(31)25(2)22-36/h20,24,26,29-31,33-35H,5-19,21-23H2,1-4H3/t24-,26+,29-,30-,31-,33+,34+,35-,36-/m0/s1. The van der Waals surface area contributed by atoms with E-state index < -0.39 is 0 Å². The number of likely N-dealkylation sites (tertiary alicyclic amines) is 1. The van der Waals surface area contributed by atoms with Gasteiger partial charge in [-0.15, -0.1) is 0 Å². The Hall–Kier alpha value is -1.09. The Morgan fingerprint density at radius 1 is 0.930 bits per heavy atom. The maximum atomic E-state index is 12.1. The smallest absolute Gasteiger partial charge is 0.155 e. The molecule has 2 heterocycles. The monoisotopic (exact) mass is 599 g/mol. The van der Waals surface area contributed by atoms with Gasteiger partial charge in [0.25, 0.3) is 0 Å². The zero-order valence-electron chi connectivity index (χ0n) is 27.3. The van der Waals surface area contributed by atoms with E-state index in [9.17, 15) is 4.79 Å². The highest BCUT2D eigenvalue weighted by Crippen LogP contribution is 2.60. The summed E-state index contributed by atoms with van der Waals surface area (Å²) in [6, 6.07) is 0.478. The van der Waals surface area contributed by atoms with Crippen molar-refractivity contribution >= 4 is 5.78 Å². The number of ketones is 1. The van der Waals surface area contributed by atoms with Crippen molar-refractivity contribution < 1.29 is 28.5 Å². The molecule has 0 aromatic carbocycles. The first-order chi connectivity index (χ1) is 20.9. The molecule has 2 saturated heterocycles. The summed E-state index contributed by atoms with van der Waals surface area (Å²) in [5.74, 6) is 4.47. The zero-order chi connectivity index (χ0) is 30.0. The average Bonchev–Trinajstić information content (AvgIpc) is 3.44. The van der Waals surface area contributed by atoms with Gasteiger partial charge in [0, 0.05) is 38.6 Å². The van der Waals surface area contributed by atoms with E-state index >= 15 is 0 Å². The quantitative estimate of drug-likeness (QED) is 0.213. The molecule has 0 N–H and O–H groups in total. The highest BCUT2D eigenvalue weighted by atomic mass is 16.6. The molecule has 4 aliphatic carbocycles. The van der Waals surface area contributed by atoms with Gasteiger partial charge in [0.15, 0.2) is 5.78 Å². The summed E-state index contributed by atoms with van der Waals surface area (Å²) in [4.78, 5) is 14.8. The zero-order valence-corrected chi connectivity index (χ0v) is 27.3. The third-order valence-corrected chi connectivity index (χ3v) is 12.2. The molecule has 1 spiro atoms. The summed E-state index contributed by atoms with van der Waals surface area (Å²) in [6.07, 6.45) is 12.6. The molecule has 0 aromatic rings. The first kappa shape index (κ1) is 31.9. The summed E-state index contributed by atoms with van der Waals surface area (Å²) < 4.78 is 29.4. The molecule has 0 bridgehead atoms. The minimum absolute atomic E-state index is 0.0361. The molecule has 43 heavy (non-hydrogen) atoms. The van der Waals surface area contributed by atoms with Gasteiger partial charge in [0.2, 0.25) is 0 Å². The normalized spacial score (nSPS) is 39.3. The molecule has 6 aliphatic rings. The van der Waals surface area contributed by atoms with Crippen molar-refractivity contribution in [2.24, 2.45) is 35.5 Å². The van der Waals surface area contributed by atoms with Gasteiger partial charge in [-0.05, 0) is 94.0 Å². The minimum Gasteiger partial charge on any atom is -0.382 e. The van der Waals surface area contributed by atoms with Crippen LogP contribution in [-0.4, -0.2) is 94.9 Å². The molecule has 6 rings (SSSR count). The molecule has 2 aliphatic heterocycles. The van der Waals surface area contributed by atoms with Gasteiger partial charge in [-0.2, -0.15) is 0 Å². The molecular weight excluding hydrogens is 542 g/mol. The van der Waals surface area contributed by atoms with Crippen LogP contribution < -0.4 is 0 Å². The van der Waals surface area contributed by atoms with Crippen LogP contribution in [0.4, 0.5) is 0 Å². The molecule has 0 aromatic heterocycles. The fourth-order valence-corrected chi connectivity index (χ4v) is 10.3. The van der Waals surface area contributed by atoms with Crippen LogP contribution in [-0.2, 0) is 28.5 Å². The molecule has 7 nitrogen and oxygen atoms in total. The second-order valence-electron chi connectivity index (χ2n) is 14.7. The van der Waals surface area contributed by atoms with Crippen LogP contribution in [0.25, 0.3) is 0 Å². The molecule has 0 unspecified atom stereocenters. The van der Waals surface area contributed by atoms with Crippen molar-refractivity contribution in [1.82, 2.24) is 4.90 Å². The Bertz CT molecular complexity index is 1040. The Labute approximate surface area is 260 Å².